The van der Waals surface area contributed by atoms with Crippen molar-refractivity contribution in [3.05, 3.63) is 65.0 Å². The van der Waals surface area contributed by atoms with E-state index in [1.165, 1.54) is 5.56 Å². The van der Waals surface area contributed by atoms with Crippen LogP contribution in [0.5, 0.6) is 0 Å². The van der Waals surface area contributed by atoms with Crippen LogP contribution >= 0.6 is 0 Å². The molecule has 1 N–H and O–H groups in total. The van der Waals surface area contributed by atoms with Crippen molar-refractivity contribution < 1.29 is 9.90 Å². The highest BCUT2D eigenvalue weighted by atomic mass is 16.4. The van der Waals surface area contributed by atoms with Crippen molar-refractivity contribution >= 4 is 5.97 Å². The minimum absolute atomic E-state index is 0.329. The summed E-state index contributed by atoms with van der Waals surface area (Å²) in [5, 5.41) is 8.99. The number of carboxylic acid groups (broad SMARTS) is 1. The molecule has 0 bridgehead atoms. The predicted molar refractivity (Wildman–Crippen MR) is 77.5 cm³/mol. The quantitative estimate of drug-likeness (QED) is 0.907. The van der Waals surface area contributed by atoms with Crippen LogP contribution in [-0.2, 0) is 13.1 Å². The summed E-state index contributed by atoms with van der Waals surface area (Å²) in [7, 11) is 2.02. The van der Waals surface area contributed by atoms with Gasteiger partial charge in [-0.2, -0.15) is 0 Å². The SMILES string of the molecule is Cc1cc(CN(C)Cc2cccc(C(=O)O)c2)ccn1. The lowest BCUT2D eigenvalue weighted by Gasteiger charge is -2.17. The summed E-state index contributed by atoms with van der Waals surface area (Å²) in [6, 6.07) is 11.1. The van der Waals surface area contributed by atoms with E-state index in [1.807, 2.05) is 32.3 Å². The molecule has 0 fully saturated rings. The van der Waals surface area contributed by atoms with E-state index < -0.39 is 5.97 Å². The fourth-order valence-corrected chi connectivity index (χ4v) is 2.18. The summed E-state index contributed by atoms with van der Waals surface area (Å²) >= 11 is 0. The predicted octanol–water partition coefficient (Wildman–Crippen LogP) is 2.72. The number of rotatable bonds is 5. The molecular formula is C16H18N2O2. The van der Waals surface area contributed by atoms with Crippen LogP contribution in [0.3, 0.4) is 0 Å². The molecule has 20 heavy (non-hydrogen) atoms. The van der Waals surface area contributed by atoms with E-state index >= 15 is 0 Å². The molecule has 1 aromatic carbocycles. The van der Waals surface area contributed by atoms with Crippen LogP contribution in [0.15, 0.2) is 42.6 Å². The lowest BCUT2D eigenvalue weighted by atomic mass is 10.1. The first-order valence-corrected chi connectivity index (χ1v) is 6.47. The third-order valence-electron chi connectivity index (χ3n) is 3.04. The number of aromatic carboxylic acids is 1. The smallest absolute Gasteiger partial charge is 0.335 e. The number of carbonyl (C=O) groups is 1. The Balaban J connectivity index is 2.02. The van der Waals surface area contributed by atoms with Crippen molar-refractivity contribution in [2.45, 2.75) is 20.0 Å². The molecule has 2 aromatic rings. The molecule has 104 valence electrons. The van der Waals surface area contributed by atoms with Gasteiger partial charge in [0.1, 0.15) is 0 Å². The van der Waals surface area contributed by atoms with Crippen molar-refractivity contribution in [1.82, 2.24) is 9.88 Å². The van der Waals surface area contributed by atoms with Gasteiger partial charge in [-0.05, 0) is 49.4 Å². The Kier molecular flexibility index (Phi) is 4.48. The molecule has 0 unspecified atom stereocenters. The Morgan fingerprint density at radius 2 is 1.90 bits per heavy atom. The summed E-state index contributed by atoms with van der Waals surface area (Å²) < 4.78 is 0. The first-order chi connectivity index (χ1) is 9.54. The van der Waals surface area contributed by atoms with E-state index in [0.717, 1.165) is 17.8 Å². The zero-order chi connectivity index (χ0) is 14.5. The van der Waals surface area contributed by atoms with Crippen LogP contribution in [0, 0.1) is 6.92 Å². The second kappa shape index (κ2) is 6.30. The topological polar surface area (TPSA) is 53.4 Å². The van der Waals surface area contributed by atoms with Crippen molar-refractivity contribution in [2.24, 2.45) is 0 Å². The summed E-state index contributed by atoms with van der Waals surface area (Å²) in [6.45, 7) is 3.49. The number of aromatic nitrogens is 1. The van der Waals surface area contributed by atoms with Gasteiger partial charge in [0.05, 0.1) is 5.56 Å². The van der Waals surface area contributed by atoms with Crippen LogP contribution in [0.2, 0.25) is 0 Å². The van der Waals surface area contributed by atoms with Crippen LogP contribution in [0.1, 0.15) is 27.2 Å². The van der Waals surface area contributed by atoms with E-state index in [9.17, 15) is 4.79 Å². The van der Waals surface area contributed by atoms with Gasteiger partial charge >= 0.3 is 5.97 Å². The molecule has 1 aromatic heterocycles. The standard InChI is InChI=1S/C16H18N2O2/c1-12-8-14(6-7-17-12)11-18(2)10-13-4-3-5-15(9-13)16(19)20/h3-9H,10-11H2,1-2H3,(H,19,20). The zero-order valence-electron chi connectivity index (χ0n) is 11.7. The second-order valence-corrected chi connectivity index (χ2v) is 4.98. The Bertz CT molecular complexity index is 611. The number of pyridine rings is 1. The molecule has 0 aliphatic heterocycles. The maximum atomic E-state index is 10.9. The molecule has 0 spiro atoms. The normalized spacial score (nSPS) is 10.8. The highest BCUT2D eigenvalue weighted by molar-refractivity contribution is 5.87. The maximum absolute atomic E-state index is 10.9. The number of carboxylic acids is 1. The molecule has 0 amide bonds. The average Bonchev–Trinajstić information content (AvgIpc) is 2.38. The molecule has 4 heteroatoms. The van der Waals surface area contributed by atoms with Crippen molar-refractivity contribution in [1.29, 1.82) is 0 Å². The molecule has 1 heterocycles. The van der Waals surface area contributed by atoms with Gasteiger partial charge < -0.3 is 5.11 Å². The molecule has 0 aliphatic carbocycles. The first-order valence-electron chi connectivity index (χ1n) is 6.47. The molecule has 0 saturated carbocycles. The molecule has 2 rings (SSSR count). The van der Waals surface area contributed by atoms with Crippen LogP contribution in [0.4, 0.5) is 0 Å². The summed E-state index contributed by atoms with van der Waals surface area (Å²) in [4.78, 5) is 17.3. The Morgan fingerprint density at radius 3 is 2.55 bits per heavy atom. The van der Waals surface area contributed by atoms with Gasteiger partial charge in [-0.3, -0.25) is 9.88 Å². The Morgan fingerprint density at radius 1 is 1.20 bits per heavy atom. The van der Waals surface area contributed by atoms with Gasteiger partial charge in [-0.25, -0.2) is 4.79 Å². The Labute approximate surface area is 118 Å². The largest absolute Gasteiger partial charge is 0.478 e. The minimum atomic E-state index is -0.890. The number of benzene rings is 1. The summed E-state index contributed by atoms with van der Waals surface area (Å²) in [6.07, 6.45) is 1.81. The first kappa shape index (κ1) is 14.2. The van der Waals surface area contributed by atoms with Gasteiger partial charge in [0.25, 0.3) is 0 Å². The van der Waals surface area contributed by atoms with E-state index in [0.29, 0.717) is 12.1 Å². The van der Waals surface area contributed by atoms with Crippen molar-refractivity contribution in [2.75, 3.05) is 7.05 Å². The zero-order valence-corrected chi connectivity index (χ0v) is 11.7. The van der Waals surface area contributed by atoms with Crippen LogP contribution in [-0.4, -0.2) is 28.0 Å². The fourth-order valence-electron chi connectivity index (χ4n) is 2.18. The summed E-state index contributed by atoms with van der Waals surface area (Å²) in [5.74, 6) is -0.890. The van der Waals surface area contributed by atoms with Crippen LogP contribution < -0.4 is 0 Å². The van der Waals surface area contributed by atoms with Gasteiger partial charge in [0.15, 0.2) is 0 Å². The average molecular weight is 270 g/mol. The second-order valence-electron chi connectivity index (χ2n) is 4.98. The number of hydrogen-bond acceptors (Lipinski definition) is 3. The van der Waals surface area contributed by atoms with E-state index in [4.69, 9.17) is 5.11 Å². The molecule has 0 aliphatic rings. The van der Waals surface area contributed by atoms with Gasteiger partial charge in [-0.15, -0.1) is 0 Å². The lowest BCUT2D eigenvalue weighted by molar-refractivity contribution is 0.0696. The Hall–Kier alpha value is -2.20. The highest BCUT2D eigenvalue weighted by Gasteiger charge is 2.06. The molecule has 0 radical (unpaired) electrons. The minimum Gasteiger partial charge on any atom is -0.478 e. The monoisotopic (exact) mass is 270 g/mol. The third-order valence-corrected chi connectivity index (χ3v) is 3.04. The van der Waals surface area contributed by atoms with Crippen molar-refractivity contribution in [3.63, 3.8) is 0 Å². The van der Waals surface area contributed by atoms with Crippen molar-refractivity contribution in [3.8, 4) is 0 Å². The number of nitrogens with zero attached hydrogens (tertiary/aromatic N) is 2. The van der Waals surface area contributed by atoms with Crippen LogP contribution in [0.25, 0.3) is 0 Å². The highest BCUT2D eigenvalue weighted by Crippen LogP contribution is 2.10. The van der Waals surface area contributed by atoms with Gasteiger partial charge in [-0.1, -0.05) is 12.1 Å². The van der Waals surface area contributed by atoms with Gasteiger partial charge in [0, 0.05) is 25.0 Å². The van der Waals surface area contributed by atoms with E-state index in [1.54, 1.807) is 18.2 Å². The maximum Gasteiger partial charge on any atom is 0.335 e. The summed E-state index contributed by atoms with van der Waals surface area (Å²) in [5.41, 5.74) is 3.53. The lowest BCUT2D eigenvalue weighted by Crippen LogP contribution is -2.17. The fraction of sp³-hybridized carbons (Fsp3) is 0.250. The number of hydrogen-bond donors (Lipinski definition) is 1. The molecule has 0 atom stereocenters. The third kappa shape index (κ3) is 3.90. The molecule has 0 saturated heterocycles. The molecule has 4 nitrogen and oxygen atoms in total. The van der Waals surface area contributed by atoms with Gasteiger partial charge in [0.2, 0.25) is 0 Å². The number of aryl methyl sites for hydroxylation is 1. The van der Waals surface area contributed by atoms with E-state index in [2.05, 4.69) is 16.0 Å². The van der Waals surface area contributed by atoms with E-state index in [-0.39, 0.29) is 0 Å². The molecular weight excluding hydrogens is 252 g/mol.